The smallest absolute Gasteiger partial charge is 0.387 e. The molecule has 0 amide bonds. The Labute approximate surface area is 165 Å². The summed E-state index contributed by atoms with van der Waals surface area (Å²) in [5.41, 5.74) is 1.02. The first kappa shape index (κ1) is 21.4. The van der Waals surface area contributed by atoms with Crippen LogP contribution in [0.5, 0.6) is 5.75 Å². The number of aryl methyl sites for hydroxylation is 1. The largest absolute Gasteiger partial charge is 0.435 e. The summed E-state index contributed by atoms with van der Waals surface area (Å²) in [7, 11) is 0. The van der Waals surface area contributed by atoms with Crippen LogP contribution < -0.4 is 4.74 Å². The first-order valence-corrected chi connectivity index (χ1v) is 10.1. The Morgan fingerprint density at radius 2 is 1.64 bits per heavy atom. The zero-order valence-electron chi connectivity index (χ0n) is 16.4. The quantitative estimate of drug-likeness (QED) is 0.615. The van der Waals surface area contributed by atoms with Crippen LogP contribution in [0.2, 0.25) is 0 Å². The minimum Gasteiger partial charge on any atom is -0.435 e. The van der Waals surface area contributed by atoms with Crippen LogP contribution in [0.25, 0.3) is 0 Å². The van der Waals surface area contributed by atoms with Crippen molar-refractivity contribution in [3.8, 4) is 5.75 Å². The van der Waals surface area contributed by atoms with Crippen LogP contribution in [0.1, 0.15) is 38.2 Å². The Balaban J connectivity index is 1.33. The van der Waals surface area contributed by atoms with Crippen molar-refractivity contribution in [1.82, 2.24) is 0 Å². The predicted octanol–water partition coefficient (Wildman–Crippen LogP) is 4.39. The van der Waals surface area contributed by atoms with Gasteiger partial charge in [0.1, 0.15) is 5.75 Å². The summed E-state index contributed by atoms with van der Waals surface area (Å²) in [4.78, 5) is 0. The van der Waals surface area contributed by atoms with Crippen molar-refractivity contribution >= 4 is 0 Å². The molecule has 0 radical (unpaired) electrons. The van der Waals surface area contributed by atoms with Crippen LogP contribution in [-0.2, 0) is 25.4 Å². The SMILES string of the molecule is CCCCC1COC(C2COC(CCc3ccc(OC(F)F)cc3)OC2)OC1. The molecule has 5 nitrogen and oxygen atoms in total. The molecule has 0 atom stereocenters. The minimum absolute atomic E-state index is 0.0918. The van der Waals surface area contributed by atoms with Gasteiger partial charge in [-0.05, 0) is 30.5 Å². The maximum absolute atomic E-state index is 12.2. The molecule has 0 N–H and O–H groups in total. The van der Waals surface area contributed by atoms with Gasteiger partial charge in [0, 0.05) is 12.3 Å². The molecule has 2 aliphatic heterocycles. The number of rotatable bonds is 9. The molecule has 2 aliphatic rings. The number of halogens is 2. The molecule has 2 saturated heterocycles. The molecule has 0 saturated carbocycles. The third-order valence-electron chi connectivity index (χ3n) is 5.15. The first-order chi connectivity index (χ1) is 13.6. The van der Waals surface area contributed by atoms with Gasteiger partial charge in [-0.3, -0.25) is 0 Å². The van der Waals surface area contributed by atoms with Gasteiger partial charge in [-0.1, -0.05) is 31.9 Å². The number of unbranched alkanes of at least 4 members (excludes halogenated alkanes) is 1. The maximum atomic E-state index is 12.2. The van der Waals surface area contributed by atoms with Crippen LogP contribution in [-0.4, -0.2) is 45.6 Å². The highest BCUT2D eigenvalue weighted by atomic mass is 19.3. The average Bonchev–Trinajstić information content (AvgIpc) is 2.72. The van der Waals surface area contributed by atoms with Gasteiger partial charge < -0.3 is 23.7 Å². The summed E-state index contributed by atoms with van der Waals surface area (Å²) in [6.07, 6.45) is 4.47. The zero-order chi connectivity index (χ0) is 19.8. The van der Waals surface area contributed by atoms with Crippen LogP contribution in [0.3, 0.4) is 0 Å². The van der Waals surface area contributed by atoms with Gasteiger partial charge in [0.05, 0.1) is 32.3 Å². The Bertz CT molecular complexity index is 552. The molecule has 7 heteroatoms. The van der Waals surface area contributed by atoms with E-state index >= 15 is 0 Å². The second kappa shape index (κ2) is 11.0. The van der Waals surface area contributed by atoms with Crippen LogP contribution in [0.4, 0.5) is 8.78 Å². The second-order valence-electron chi connectivity index (χ2n) is 7.46. The lowest BCUT2D eigenvalue weighted by Gasteiger charge is -2.37. The minimum atomic E-state index is -2.80. The average molecular weight is 400 g/mol. The summed E-state index contributed by atoms with van der Waals surface area (Å²) >= 11 is 0. The Morgan fingerprint density at radius 3 is 2.25 bits per heavy atom. The van der Waals surface area contributed by atoms with E-state index in [1.807, 2.05) is 0 Å². The van der Waals surface area contributed by atoms with Crippen molar-refractivity contribution in [3.63, 3.8) is 0 Å². The summed E-state index contributed by atoms with van der Waals surface area (Å²) in [5.74, 6) is 0.747. The van der Waals surface area contributed by atoms with Gasteiger partial charge in [0.15, 0.2) is 12.6 Å². The fraction of sp³-hybridized carbons (Fsp3) is 0.714. The number of benzene rings is 1. The van der Waals surface area contributed by atoms with Crippen molar-refractivity contribution in [2.45, 2.75) is 58.2 Å². The molecule has 0 aliphatic carbocycles. The highest BCUT2D eigenvalue weighted by molar-refractivity contribution is 5.27. The summed E-state index contributed by atoms with van der Waals surface area (Å²) in [5, 5.41) is 0. The standard InChI is InChI=1S/C21H30F2O5/c1-2-3-4-16-11-26-20(27-12-16)17-13-24-19(25-14-17)10-7-15-5-8-18(9-6-15)28-21(22)23/h5-6,8-9,16-17,19-21H,2-4,7,10-14H2,1H3. The Kier molecular flexibility index (Phi) is 8.45. The fourth-order valence-electron chi connectivity index (χ4n) is 3.49. The van der Waals surface area contributed by atoms with Crippen molar-refractivity contribution < 1.29 is 32.5 Å². The van der Waals surface area contributed by atoms with E-state index in [0.29, 0.717) is 25.6 Å². The normalized spacial score (nSPS) is 28.4. The van der Waals surface area contributed by atoms with E-state index in [0.717, 1.165) is 31.6 Å². The van der Waals surface area contributed by atoms with Crippen molar-refractivity contribution in [2.75, 3.05) is 26.4 Å². The number of hydrogen-bond donors (Lipinski definition) is 0. The molecule has 1 aromatic rings. The van der Waals surface area contributed by atoms with Gasteiger partial charge >= 0.3 is 6.61 Å². The van der Waals surface area contributed by atoms with Crippen LogP contribution in [0, 0.1) is 11.8 Å². The summed E-state index contributed by atoms with van der Waals surface area (Å²) in [6, 6.07) is 6.65. The Morgan fingerprint density at radius 1 is 0.964 bits per heavy atom. The lowest BCUT2D eigenvalue weighted by atomic mass is 10.0. The molecule has 28 heavy (non-hydrogen) atoms. The molecule has 0 spiro atoms. The number of ether oxygens (including phenoxy) is 5. The molecule has 0 bridgehead atoms. The van der Waals surface area contributed by atoms with E-state index < -0.39 is 6.61 Å². The second-order valence-corrected chi connectivity index (χ2v) is 7.46. The lowest BCUT2D eigenvalue weighted by molar-refractivity contribution is -0.281. The fourth-order valence-corrected chi connectivity index (χ4v) is 3.49. The maximum Gasteiger partial charge on any atom is 0.387 e. The van der Waals surface area contributed by atoms with E-state index in [9.17, 15) is 8.78 Å². The molecule has 158 valence electrons. The van der Waals surface area contributed by atoms with E-state index in [1.165, 1.54) is 12.8 Å². The number of alkyl halides is 2. The van der Waals surface area contributed by atoms with Gasteiger partial charge in [0.2, 0.25) is 0 Å². The van der Waals surface area contributed by atoms with Gasteiger partial charge in [0.25, 0.3) is 0 Å². The third-order valence-corrected chi connectivity index (χ3v) is 5.15. The molecular weight excluding hydrogens is 370 g/mol. The van der Waals surface area contributed by atoms with E-state index in [4.69, 9.17) is 18.9 Å². The highest BCUT2D eigenvalue weighted by Crippen LogP contribution is 2.26. The van der Waals surface area contributed by atoms with Crippen molar-refractivity contribution in [2.24, 2.45) is 11.8 Å². The summed E-state index contributed by atoms with van der Waals surface area (Å²) in [6.45, 7) is 1.98. The first-order valence-electron chi connectivity index (χ1n) is 10.1. The molecule has 3 rings (SSSR count). The lowest BCUT2D eigenvalue weighted by Crippen LogP contribution is -2.44. The summed E-state index contributed by atoms with van der Waals surface area (Å²) < 4.78 is 52.1. The topological polar surface area (TPSA) is 46.2 Å². The molecule has 2 fully saturated rings. The van der Waals surface area contributed by atoms with Crippen molar-refractivity contribution in [1.29, 1.82) is 0 Å². The molecule has 0 aromatic heterocycles. The molecular formula is C21H30F2O5. The Hall–Kier alpha value is -1.28. The van der Waals surface area contributed by atoms with Crippen molar-refractivity contribution in [3.05, 3.63) is 29.8 Å². The molecule has 2 heterocycles. The highest BCUT2D eigenvalue weighted by Gasteiger charge is 2.33. The monoisotopic (exact) mass is 400 g/mol. The third kappa shape index (κ3) is 6.65. The van der Waals surface area contributed by atoms with Crippen LogP contribution >= 0.6 is 0 Å². The van der Waals surface area contributed by atoms with E-state index in [1.54, 1.807) is 24.3 Å². The molecule has 0 unspecified atom stereocenters. The van der Waals surface area contributed by atoms with Gasteiger partial charge in [-0.25, -0.2) is 0 Å². The van der Waals surface area contributed by atoms with Gasteiger partial charge in [-0.2, -0.15) is 8.78 Å². The van der Waals surface area contributed by atoms with Gasteiger partial charge in [-0.15, -0.1) is 0 Å². The molecule has 1 aromatic carbocycles. The number of hydrogen-bond acceptors (Lipinski definition) is 5. The van der Waals surface area contributed by atoms with Crippen LogP contribution in [0.15, 0.2) is 24.3 Å². The zero-order valence-corrected chi connectivity index (χ0v) is 16.4. The van der Waals surface area contributed by atoms with E-state index in [-0.39, 0.29) is 24.2 Å². The van der Waals surface area contributed by atoms with E-state index in [2.05, 4.69) is 11.7 Å². The predicted molar refractivity (Wildman–Crippen MR) is 99.3 cm³/mol.